The van der Waals surface area contributed by atoms with Crippen molar-refractivity contribution in [2.75, 3.05) is 55.1 Å². The summed E-state index contributed by atoms with van der Waals surface area (Å²) in [5.41, 5.74) is 3.86. The van der Waals surface area contributed by atoms with Crippen molar-refractivity contribution >= 4 is 52.7 Å². The van der Waals surface area contributed by atoms with Crippen molar-refractivity contribution < 1.29 is 38.6 Å². The van der Waals surface area contributed by atoms with Crippen LogP contribution in [0, 0.1) is 5.92 Å². The second-order valence-corrected chi connectivity index (χ2v) is 19.2. The second-order valence-electron chi connectivity index (χ2n) is 18.3. The lowest BCUT2D eigenvalue weighted by Crippen LogP contribution is -2.59. The van der Waals surface area contributed by atoms with Gasteiger partial charge in [0.1, 0.15) is 29.4 Å². The number of imidazole rings is 1. The van der Waals surface area contributed by atoms with Crippen LogP contribution in [0.3, 0.4) is 0 Å². The summed E-state index contributed by atoms with van der Waals surface area (Å²) in [6.45, 7) is 1.15. The second kappa shape index (κ2) is 25.2. The quantitative estimate of drug-likeness (QED) is 0.124. The number of halogens is 2. The SMILES string of the molecule is COC[C@@H]1NC(=O)[C@H](CO)N(Cc2ccc(Cl)cc2Oc2ccc(-c3cnc(CN(C)C)n3C)cc2)C(=O)C[C@@H](Cc2ccccc2)C(=O)N(C)[C@@H](C)CNC(=O)CC(Cc2ccc(Cl)cc2)N(C)C1=O. The molecule has 1 fully saturated rings. The van der Waals surface area contributed by atoms with E-state index in [2.05, 4.69) is 15.6 Å². The van der Waals surface area contributed by atoms with Gasteiger partial charge in [0.2, 0.25) is 29.5 Å². The summed E-state index contributed by atoms with van der Waals surface area (Å²) in [5, 5.41) is 17.7. The Labute approximate surface area is 425 Å². The average Bonchev–Trinajstić information content (AvgIpc) is 3.71. The molecule has 5 amide bonds. The first-order valence-electron chi connectivity index (χ1n) is 23.5. The number of aromatic nitrogens is 2. The molecule has 378 valence electrons. The van der Waals surface area contributed by atoms with Crippen molar-refractivity contribution in [2.45, 2.75) is 69.9 Å². The highest BCUT2D eigenvalue weighted by atomic mass is 35.5. The molecule has 0 radical (unpaired) electrons. The Bertz CT molecular complexity index is 2610. The third kappa shape index (κ3) is 14.4. The fourth-order valence-corrected chi connectivity index (χ4v) is 8.82. The first-order chi connectivity index (χ1) is 34.0. The number of methoxy groups -OCH3 is 1. The lowest BCUT2D eigenvalue weighted by atomic mass is 9.93. The van der Waals surface area contributed by atoms with Gasteiger partial charge < -0.3 is 49.4 Å². The largest absolute Gasteiger partial charge is 0.457 e. The molecule has 4 aromatic carbocycles. The molecule has 0 spiro atoms. The van der Waals surface area contributed by atoms with E-state index in [1.807, 2.05) is 91.4 Å². The molecule has 1 saturated heterocycles. The van der Waals surface area contributed by atoms with Gasteiger partial charge >= 0.3 is 0 Å². The van der Waals surface area contributed by atoms with E-state index in [9.17, 15) is 24.3 Å². The lowest BCUT2D eigenvalue weighted by molar-refractivity contribution is -0.148. The molecule has 2 heterocycles. The van der Waals surface area contributed by atoms with Gasteiger partial charge in [-0.1, -0.05) is 71.7 Å². The van der Waals surface area contributed by atoms with Gasteiger partial charge in [-0.3, -0.25) is 24.0 Å². The van der Waals surface area contributed by atoms with E-state index in [-0.39, 0.29) is 62.9 Å². The van der Waals surface area contributed by atoms with Crippen LogP contribution in [0.15, 0.2) is 103 Å². The number of rotatable bonds is 14. The van der Waals surface area contributed by atoms with Gasteiger partial charge in [-0.25, -0.2) is 4.98 Å². The highest BCUT2D eigenvalue weighted by Crippen LogP contribution is 2.33. The molecule has 1 unspecified atom stereocenters. The standard InChI is InChI=1S/C53H64Cl2N8O8/c1-34-28-57-49(65)27-42(24-36-13-18-40(54)19-14-36)61(5)53(69)44(33-70-7)58-51(67)46(32-64)63(50(66)25-39(52(68)60(34)4)23-35-11-9-8-10-12-35)30-38-15-20-41(55)26-47(38)71-43-21-16-37(17-22-43)45-29-56-48(62(45)6)31-59(2)3/h8-22,26,29,34,39,42,44,46,64H,23-25,27-28,30-33H2,1-7H3,(H,57,65)(H,58,67)/t34-,39+,42?,44-,46-/m0/s1. The smallest absolute Gasteiger partial charge is 0.247 e. The highest BCUT2D eigenvalue weighted by Gasteiger charge is 2.38. The maximum atomic E-state index is 15.1. The van der Waals surface area contributed by atoms with Crippen LogP contribution in [0.4, 0.5) is 0 Å². The molecule has 1 aliphatic heterocycles. The molecule has 1 aliphatic rings. The third-order valence-electron chi connectivity index (χ3n) is 12.8. The molecule has 1 aromatic heterocycles. The van der Waals surface area contributed by atoms with Crippen molar-refractivity contribution in [3.05, 3.63) is 136 Å². The Morgan fingerprint density at radius 1 is 0.817 bits per heavy atom. The summed E-state index contributed by atoms with van der Waals surface area (Å²) in [6.07, 6.45) is 1.77. The maximum Gasteiger partial charge on any atom is 0.247 e. The van der Waals surface area contributed by atoms with E-state index in [1.165, 1.54) is 21.8 Å². The number of nitrogens with one attached hydrogen (secondary N) is 2. The van der Waals surface area contributed by atoms with E-state index in [0.29, 0.717) is 27.9 Å². The van der Waals surface area contributed by atoms with Gasteiger partial charge in [-0.2, -0.15) is 0 Å². The van der Waals surface area contributed by atoms with Crippen molar-refractivity contribution in [2.24, 2.45) is 13.0 Å². The lowest BCUT2D eigenvalue weighted by Gasteiger charge is -2.35. The minimum Gasteiger partial charge on any atom is -0.457 e. The Kier molecular flexibility index (Phi) is 19.2. The van der Waals surface area contributed by atoms with E-state index in [4.69, 9.17) is 32.7 Å². The summed E-state index contributed by atoms with van der Waals surface area (Å²) in [6, 6.07) is 24.5. The number of likely N-dealkylation sites (N-methyl/N-ethyl adjacent to an activating group) is 2. The number of carbonyl (C=O) groups is 5. The molecule has 16 nitrogen and oxygen atoms in total. The highest BCUT2D eigenvalue weighted by molar-refractivity contribution is 6.31. The van der Waals surface area contributed by atoms with Gasteiger partial charge in [0.25, 0.3) is 0 Å². The van der Waals surface area contributed by atoms with Gasteiger partial charge in [0.15, 0.2) is 0 Å². The van der Waals surface area contributed by atoms with Crippen molar-refractivity contribution in [3.8, 4) is 22.8 Å². The number of amides is 5. The minimum atomic E-state index is -1.57. The topological polar surface area (TPSA) is 179 Å². The van der Waals surface area contributed by atoms with Crippen molar-refractivity contribution in [3.63, 3.8) is 0 Å². The molecule has 18 heteroatoms. The van der Waals surface area contributed by atoms with Gasteiger partial charge in [0.05, 0.1) is 44.1 Å². The normalized spacial score (nSPS) is 20.2. The van der Waals surface area contributed by atoms with Crippen molar-refractivity contribution in [1.29, 1.82) is 0 Å². The zero-order chi connectivity index (χ0) is 51.4. The van der Waals surface area contributed by atoms with Crippen LogP contribution in [0.5, 0.6) is 11.5 Å². The molecule has 0 saturated carbocycles. The number of hydrogen-bond acceptors (Lipinski definition) is 10. The summed E-state index contributed by atoms with van der Waals surface area (Å²) < 4.78 is 13.9. The molecule has 0 aliphatic carbocycles. The first kappa shape index (κ1) is 54.0. The Balaban J connectivity index is 1.38. The summed E-state index contributed by atoms with van der Waals surface area (Å²) >= 11 is 12.8. The van der Waals surface area contributed by atoms with Crippen LogP contribution >= 0.6 is 23.2 Å². The number of hydrogen-bond donors (Lipinski definition) is 3. The van der Waals surface area contributed by atoms with E-state index >= 15 is 4.79 Å². The zero-order valence-electron chi connectivity index (χ0n) is 41.3. The summed E-state index contributed by atoms with van der Waals surface area (Å²) in [4.78, 5) is 83.3. The van der Waals surface area contributed by atoms with Gasteiger partial charge in [-0.05, 0) is 93.5 Å². The van der Waals surface area contributed by atoms with Gasteiger partial charge in [-0.15, -0.1) is 0 Å². The maximum absolute atomic E-state index is 15.1. The number of nitrogens with zero attached hydrogens (tertiary/aromatic N) is 6. The molecule has 0 bridgehead atoms. The van der Waals surface area contributed by atoms with Crippen LogP contribution in [-0.4, -0.2) is 143 Å². The molecule has 3 N–H and O–H groups in total. The molecule has 71 heavy (non-hydrogen) atoms. The van der Waals surface area contributed by atoms with E-state index in [0.717, 1.165) is 28.2 Å². The van der Waals surface area contributed by atoms with Crippen molar-refractivity contribution in [1.82, 2.24) is 39.8 Å². The first-order valence-corrected chi connectivity index (χ1v) is 24.2. The van der Waals surface area contributed by atoms with Gasteiger partial charge in [0, 0.05) is 80.9 Å². The molecular formula is C53H64Cl2N8O8. The van der Waals surface area contributed by atoms with Crippen LogP contribution in [0.2, 0.25) is 10.0 Å². The van der Waals surface area contributed by atoms with Crippen LogP contribution in [0.1, 0.15) is 42.3 Å². The third-order valence-corrected chi connectivity index (χ3v) is 13.3. The van der Waals surface area contributed by atoms with Crippen LogP contribution in [0.25, 0.3) is 11.3 Å². The Morgan fingerprint density at radius 3 is 2.15 bits per heavy atom. The number of aliphatic hydroxyl groups is 1. The summed E-state index contributed by atoms with van der Waals surface area (Å²) in [7, 11) is 10.5. The number of carbonyl (C=O) groups excluding carboxylic acids is 5. The number of aliphatic hydroxyl groups excluding tert-OH is 1. The fraction of sp³-hybridized carbons (Fsp3) is 0.396. The molecule has 5 aromatic rings. The molecule has 5 atom stereocenters. The predicted molar refractivity (Wildman–Crippen MR) is 273 cm³/mol. The van der Waals surface area contributed by atoms with E-state index < -0.39 is 54.4 Å². The van der Waals surface area contributed by atoms with E-state index in [1.54, 1.807) is 63.5 Å². The minimum absolute atomic E-state index is 0.0859. The Morgan fingerprint density at radius 2 is 1.49 bits per heavy atom. The van der Waals surface area contributed by atoms with Crippen LogP contribution < -0.4 is 15.4 Å². The summed E-state index contributed by atoms with van der Waals surface area (Å²) in [5.74, 6) is -2.08. The predicted octanol–water partition coefficient (Wildman–Crippen LogP) is 5.75. The molecule has 6 rings (SSSR count). The zero-order valence-corrected chi connectivity index (χ0v) is 42.8. The average molecular weight is 1010 g/mol. The fourth-order valence-electron chi connectivity index (χ4n) is 8.54. The molecular weight excluding hydrogens is 948 g/mol. The van der Waals surface area contributed by atoms with Crippen LogP contribution in [-0.2, 0) is 61.7 Å². The Hall–Kier alpha value is -6.30. The number of ether oxygens (including phenoxy) is 2. The monoisotopic (exact) mass is 1010 g/mol. The number of benzene rings is 4.